The third-order valence-corrected chi connectivity index (χ3v) is 5.39. The number of benzene rings is 1. The molecule has 2 amide bonds. The quantitative estimate of drug-likeness (QED) is 0.933. The maximum absolute atomic E-state index is 13.8. The highest BCUT2D eigenvalue weighted by Crippen LogP contribution is 2.36. The van der Waals surface area contributed by atoms with Crippen LogP contribution in [0, 0.1) is 5.82 Å². The van der Waals surface area contributed by atoms with Gasteiger partial charge in [0.2, 0.25) is 5.91 Å². The first-order chi connectivity index (χ1) is 10.5. The first-order valence-electron chi connectivity index (χ1n) is 6.96. The molecule has 4 nitrogen and oxygen atoms in total. The number of carbonyl (C=O) groups excluding carboxylic acids is 2. The van der Waals surface area contributed by atoms with Crippen LogP contribution in [0.1, 0.15) is 23.0 Å². The molecule has 1 aliphatic rings. The van der Waals surface area contributed by atoms with E-state index in [-0.39, 0.29) is 39.6 Å². The fourth-order valence-electron chi connectivity index (χ4n) is 2.64. The minimum Gasteiger partial charge on any atom is -0.346 e. The van der Waals surface area contributed by atoms with Gasteiger partial charge in [0.25, 0.3) is 5.91 Å². The Kier molecular flexibility index (Phi) is 4.06. The Morgan fingerprint density at radius 2 is 2.32 bits per heavy atom. The predicted molar refractivity (Wildman–Crippen MR) is 84.9 cm³/mol. The van der Waals surface area contributed by atoms with Crippen LogP contribution in [0.5, 0.6) is 0 Å². The third kappa shape index (κ3) is 2.57. The number of amides is 2. The van der Waals surface area contributed by atoms with Crippen molar-refractivity contribution in [3.05, 3.63) is 33.9 Å². The molecule has 1 saturated heterocycles. The third-order valence-electron chi connectivity index (χ3n) is 3.74. The summed E-state index contributed by atoms with van der Waals surface area (Å²) in [5.74, 6) is -0.770. The number of hydrogen-bond donors (Lipinski definition) is 1. The molecule has 1 aromatic heterocycles. The van der Waals surface area contributed by atoms with Gasteiger partial charge in [-0.05, 0) is 19.1 Å². The van der Waals surface area contributed by atoms with Gasteiger partial charge >= 0.3 is 0 Å². The minimum atomic E-state index is -0.439. The largest absolute Gasteiger partial charge is 0.346 e. The smallest absolute Gasteiger partial charge is 0.263 e. The maximum atomic E-state index is 13.8. The van der Waals surface area contributed by atoms with Crippen molar-refractivity contribution in [2.24, 2.45) is 0 Å². The maximum Gasteiger partial charge on any atom is 0.263 e. The highest BCUT2D eigenvalue weighted by Gasteiger charge is 2.30. The van der Waals surface area contributed by atoms with Crippen LogP contribution >= 0.6 is 22.9 Å². The number of fused-ring (bicyclic) bond motifs is 1. The van der Waals surface area contributed by atoms with Crippen molar-refractivity contribution in [3.63, 3.8) is 0 Å². The summed E-state index contributed by atoms with van der Waals surface area (Å²) in [6, 6.07) is 4.40. The SMILES string of the molecule is CCN1CC(NC(=O)c2sc3cccc(F)c3c2Cl)CC1=O. The van der Waals surface area contributed by atoms with E-state index in [2.05, 4.69) is 5.32 Å². The normalized spacial score (nSPS) is 18.2. The molecule has 7 heteroatoms. The highest BCUT2D eigenvalue weighted by atomic mass is 35.5. The minimum absolute atomic E-state index is 0.0290. The molecule has 2 heterocycles. The number of halogens is 2. The van der Waals surface area contributed by atoms with Gasteiger partial charge in [-0.2, -0.15) is 0 Å². The average molecular weight is 341 g/mol. The van der Waals surface area contributed by atoms with Gasteiger partial charge in [-0.25, -0.2) is 4.39 Å². The summed E-state index contributed by atoms with van der Waals surface area (Å²) in [6.45, 7) is 3.02. The van der Waals surface area contributed by atoms with E-state index in [1.807, 2.05) is 6.92 Å². The summed E-state index contributed by atoms with van der Waals surface area (Å²) >= 11 is 7.31. The van der Waals surface area contributed by atoms with E-state index in [9.17, 15) is 14.0 Å². The molecule has 1 unspecified atom stereocenters. The molecule has 0 bridgehead atoms. The molecule has 0 spiro atoms. The molecule has 1 N–H and O–H groups in total. The Hall–Kier alpha value is -1.66. The van der Waals surface area contributed by atoms with Gasteiger partial charge in [0.1, 0.15) is 10.7 Å². The zero-order valence-electron chi connectivity index (χ0n) is 11.9. The molecule has 22 heavy (non-hydrogen) atoms. The first-order valence-corrected chi connectivity index (χ1v) is 8.15. The Bertz CT molecular complexity index is 761. The van der Waals surface area contributed by atoms with Crippen LogP contribution in [0.4, 0.5) is 4.39 Å². The highest BCUT2D eigenvalue weighted by molar-refractivity contribution is 7.21. The molecule has 3 rings (SSSR count). The molecular weight excluding hydrogens is 327 g/mol. The zero-order chi connectivity index (χ0) is 15.9. The summed E-state index contributed by atoms with van der Waals surface area (Å²) in [4.78, 5) is 26.0. The number of hydrogen-bond acceptors (Lipinski definition) is 3. The molecule has 1 aliphatic heterocycles. The van der Waals surface area contributed by atoms with Gasteiger partial charge in [0, 0.05) is 29.6 Å². The molecule has 116 valence electrons. The topological polar surface area (TPSA) is 49.4 Å². The zero-order valence-corrected chi connectivity index (χ0v) is 13.4. The number of nitrogens with zero attached hydrogens (tertiary/aromatic N) is 1. The lowest BCUT2D eigenvalue weighted by atomic mass is 10.2. The number of carbonyl (C=O) groups is 2. The second-order valence-electron chi connectivity index (χ2n) is 5.17. The second kappa shape index (κ2) is 5.85. The van der Waals surface area contributed by atoms with E-state index in [1.54, 1.807) is 17.0 Å². The van der Waals surface area contributed by atoms with Gasteiger partial charge in [0.15, 0.2) is 0 Å². The number of nitrogens with one attached hydrogen (secondary N) is 1. The van der Waals surface area contributed by atoms with E-state index >= 15 is 0 Å². The van der Waals surface area contributed by atoms with Gasteiger partial charge in [-0.1, -0.05) is 17.7 Å². The molecule has 0 radical (unpaired) electrons. The van der Waals surface area contributed by atoms with Crippen molar-refractivity contribution < 1.29 is 14.0 Å². The number of likely N-dealkylation sites (tertiary alicyclic amines) is 1. The molecule has 2 aromatic rings. The number of thiophene rings is 1. The van der Waals surface area contributed by atoms with Crippen LogP contribution in [0.15, 0.2) is 18.2 Å². The van der Waals surface area contributed by atoms with Crippen LogP contribution in [0.2, 0.25) is 5.02 Å². The Morgan fingerprint density at radius 1 is 1.55 bits per heavy atom. The van der Waals surface area contributed by atoms with E-state index in [0.717, 1.165) is 11.3 Å². The predicted octanol–water partition coefficient (Wildman–Crippen LogP) is 3.04. The Labute approximate surface area is 135 Å². The van der Waals surface area contributed by atoms with Gasteiger partial charge in [-0.3, -0.25) is 9.59 Å². The molecule has 1 fully saturated rings. The molecule has 0 aliphatic carbocycles. The van der Waals surface area contributed by atoms with E-state index in [0.29, 0.717) is 17.8 Å². The molecular formula is C15H14ClFN2O2S. The lowest BCUT2D eigenvalue weighted by Crippen LogP contribution is -2.36. The Balaban J connectivity index is 1.83. The fourth-order valence-corrected chi connectivity index (χ4v) is 4.10. The van der Waals surface area contributed by atoms with E-state index in [1.165, 1.54) is 6.07 Å². The van der Waals surface area contributed by atoms with Crippen molar-refractivity contribution in [1.82, 2.24) is 10.2 Å². The summed E-state index contributed by atoms with van der Waals surface area (Å²) < 4.78 is 14.4. The molecule has 1 atom stereocenters. The van der Waals surface area contributed by atoms with E-state index in [4.69, 9.17) is 11.6 Å². The standard InChI is InChI=1S/C15H14ClFN2O2S/c1-2-19-7-8(6-11(19)20)18-15(21)14-13(16)12-9(17)4-3-5-10(12)22-14/h3-5,8H,2,6-7H2,1H3,(H,18,21). The van der Waals surface area contributed by atoms with Crippen LogP contribution in [0.25, 0.3) is 10.1 Å². The van der Waals surface area contributed by atoms with Crippen molar-refractivity contribution in [3.8, 4) is 0 Å². The molecule has 0 saturated carbocycles. The van der Waals surface area contributed by atoms with Gasteiger partial charge in [-0.15, -0.1) is 11.3 Å². The van der Waals surface area contributed by atoms with Crippen LogP contribution in [-0.2, 0) is 4.79 Å². The fraction of sp³-hybridized carbons (Fsp3) is 0.333. The van der Waals surface area contributed by atoms with Crippen molar-refractivity contribution in [2.75, 3.05) is 13.1 Å². The molecule has 1 aromatic carbocycles. The average Bonchev–Trinajstić information content (AvgIpc) is 3.00. The van der Waals surface area contributed by atoms with Crippen molar-refractivity contribution >= 4 is 44.8 Å². The van der Waals surface area contributed by atoms with Crippen LogP contribution in [-0.4, -0.2) is 35.8 Å². The van der Waals surface area contributed by atoms with Crippen molar-refractivity contribution in [1.29, 1.82) is 0 Å². The van der Waals surface area contributed by atoms with Gasteiger partial charge < -0.3 is 10.2 Å². The van der Waals surface area contributed by atoms with Crippen molar-refractivity contribution in [2.45, 2.75) is 19.4 Å². The first kappa shape index (κ1) is 15.2. The summed E-state index contributed by atoms with van der Waals surface area (Å²) in [6.07, 6.45) is 0.288. The lowest BCUT2D eigenvalue weighted by molar-refractivity contribution is -0.127. The number of likely N-dealkylation sites (N-methyl/N-ethyl adjacent to an activating group) is 1. The van der Waals surface area contributed by atoms with E-state index < -0.39 is 5.82 Å². The monoisotopic (exact) mass is 340 g/mol. The number of rotatable bonds is 3. The second-order valence-corrected chi connectivity index (χ2v) is 6.60. The summed E-state index contributed by atoms with van der Waals surface area (Å²) in [5, 5.41) is 3.22. The summed E-state index contributed by atoms with van der Waals surface area (Å²) in [7, 11) is 0. The lowest BCUT2D eigenvalue weighted by Gasteiger charge is -2.14. The Morgan fingerprint density at radius 3 is 2.95 bits per heavy atom. The van der Waals surface area contributed by atoms with Crippen LogP contribution < -0.4 is 5.32 Å². The summed E-state index contributed by atoms with van der Waals surface area (Å²) in [5.41, 5.74) is 0. The van der Waals surface area contributed by atoms with Crippen LogP contribution in [0.3, 0.4) is 0 Å². The van der Waals surface area contributed by atoms with Gasteiger partial charge in [0.05, 0.1) is 11.1 Å².